The number of nitrogens with zero attached hydrogens (tertiary/aromatic N) is 2. The number of hydrogen-bond donors (Lipinski definition) is 1. The summed E-state index contributed by atoms with van der Waals surface area (Å²) in [7, 11) is 1.66. The van der Waals surface area contributed by atoms with E-state index in [2.05, 4.69) is 16.1 Å². The van der Waals surface area contributed by atoms with Crippen LogP contribution in [0.4, 0.5) is 0 Å². The van der Waals surface area contributed by atoms with Crippen molar-refractivity contribution >= 4 is 28.1 Å². The summed E-state index contributed by atoms with van der Waals surface area (Å²) in [6, 6.07) is 0.153. The molecule has 1 aromatic rings. The van der Waals surface area contributed by atoms with Crippen molar-refractivity contribution in [1.82, 2.24) is 4.98 Å². The van der Waals surface area contributed by atoms with Crippen LogP contribution < -0.4 is 0 Å². The molecule has 1 N–H and O–H groups in total. The number of fused-ring (bicyclic) bond motifs is 1. The summed E-state index contributed by atoms with van der Waals surface area (Å²) >= 11 is 3.07. The third-order valence-electron chi connectivity index (χ3n) is 2.55. The second-order valence-electron chi connectivity index (χ2n) is 3.65. The molecular formula is C11H10N2O2S2. The molecule has 1 aliphatic heterocycles. The monoisotopic (exact) mass is 266 g/mol. The molecular weight excluding hydrogens is 256 g/mol. The smallest absolute Gasteiger partial charge is 0.222 e. The molecule has 17 heavy (non-hydrogen) atoms. The van der Waals surface area contributed by atoms with Crippen LogP contribution in [-0.2, 0) is 4.74 Å². The Hall–Kier alpha value is -1.27. The molecule has 0 aromatic carbocycles. The standard InChI is InChI=1S/C11H10N2O2S2/c1-15-6-2-3-7-8(4-6)17-11(12-7)10-13-9(14)5-16-10/h2-5,7-8,14H,1H3. The molecule has 0 radical (unpaired) electrons. The van der Waals surface area contributed by atoms with E-state index in [0.717, 1.165) is 15.8 Å². The van der Waals surface area contributed by atoms with Gasteiger partial charge in [-0.15, -0.1) is 11.3 Å². The third-order valence-corrected chi connectivity index (χ3v) is 4.72. The predicted molar refractivity (Wildman–Crippen MR) is 69.7 cm³/mol. The van der Waals surface area contributed by atoms with E-state index in [1.807, 2.05) is 12.2 Å². The molecule has 0 saturated carbocycles. The summed E-state index contributed by atoms with van der Waals surface area (Å²) in [6.45, 7) is 0. The lowest BCUT2D eigenvalue weighted by Crippen LogP contribution is -2.16. The fourth-order valence-corrected chi connectivity index (χ4v) is 3.68. The molecule has 88 valence electrons. The zero-order valence-corrected chi connectivity index (χ0v) is 10.7. The maximum Gasteiger partial charge on any atom is 0.222 e. The Balaban J connectivity index is 1.85. The number of aromatic nitrogens is 1. The maximum absolute atomic E-state index is 9.24. The van der Waals surface area contributed by atoms with Crippen LogP contribution in [0.3, 0.4) is 0 Å². The van der Waals surface area contributed by atoms with Crippen LogP contribution in [0.2, 0.25) is 0 Å². The normalized spacial score (nSPS) is 26.4. The quantitative estimate of drug-likeness (QED) is 0.891. The number of aromatic hydroxyl groups is 1. The van der Waals surface area contributed by atoms with E-state index >= 15 is 0 Å². The molecule has 2 heterocycles. The van der Waals surface area contributed by atoms with E-state index in [-0.39, 0.29) is 17.2 Å². The van der Waals surface area contributed by atoms with Crippen molar-refractivity contribution in [3.8, 4) is 5.88 Å². The number of hydrogen-bond acceptors (Lipinski definition) is 6. The molecule has 2 aliphatic rings. The molecule has 0 bridgehead atoms. The predicted octanol–water partition coefficient (Wildman–Crippen LogP) is 2.18. The number of thioether (sulfide) groups is 1. The van der Waals surface area contributed by atoms with E-state index in [9.17, 15) is 5.11 Å². The Morgan fingerprint density at radius 2 is 2.35 bits per heavy atom. The van der Waals surface area contributed by atoms with Gasteiger partial charge in [0.2, 0.25) is 5.88 Å². The summed E-state index contributed by atoms with van der Waals surface area (Å²) in [4.78, 5) is 8.63. The van der Waals surface area contributed by atoms with Crippen molar-refractivity contribution in [2.24, 2.45) is 4.99 Å². The number of aliphatic imine (C=N–C) groups is 1. The highest BCUT2D eigenvalue weighted by Gasteiger charge is 2.31. The molecule has 0 spiro atoms. The van der Waals surface area contributed by atoms with E-state index in [4.69, 9.17) is 4.74 Å². The van der Waals surface area contributed by atoms with Gasteiger partial charge in [0.15, 0.2) is 5.01 Å². The minimum Gasteiger partial charge on any atom is -0.497 e. The Morgan fingerprint density at radius 3 is 3.06 bits per heavy atom. The molecule has 0 amide bonds. The lowest BCUT2D eigenvalue weighted by Gasteiger charge is -2.15. The average Bonchev–Trinajstić information content (AvgIpc) is 2.93. The van der Waals surface area contributed by atoms with Crippen molar-refractivity contribution < 1.29 is 9.84 Å². The first-order chi connectivity index (χ1) is 8.26. The fraction of sp³-hybridized carbons (Fsp3) is 0.273. The van der Waals surface area contributed by atoms with Crippen molar-refractivity contribution in [1.29, 1.82) is 0 Å². The molecule has 2 atom stereocenters. The Kier molecular flexibility index (Phi) is 2.68. The topological polar surface area (TPSA) is 54.7 Å². The molecule has 2 unspecified atom stereocenters. The van der Waals surface area contributed by atoms with Crippen molar-refractivity contribution in [3.63, 3.8) is 0 Å². The molecule has 1 aliphatic carbocycles. The van der Waals surface area contributed by atoms with Gasteiger partial charge in [0.1, 0.15) is 10.8 Å². The molecule has 0 fully saturated rings. The zero-order valence-electron chi connectivity index (χ0n) is 9.03. The van der Waals surface area contributed by atoms with E-state index < -0.39 is 0 Å². The average molecular weight is 266 g/mol. The second kappa shape index (κ2) is 4.19. The summed E-state index contributed by atoms with van der Waals surface area (Å²) < 4.78 is 5.20. The lowest BCUT2D eigenvalue weighted by molar-refractivity contribution is 0.303. The maximum atomic E-state index is 9.24. The number of thiazole rings is 1. The first-order valence-electron chi connectivity index (χ1n) is 5.09. The SMILES string of the molecule is COC1=CC2SC(c3nc(O)cs3)=NC2C=C1. The molecule has 3 rings (SSSR count). The zero-order chi connectivity index (χ0) is 11.8. The van der Waals surface area contributed by atoms with Gasteiger partial charge in [0.05, 0.1) is 23.8 Å². The van der Waals surface area contributed by atoms with Crippen LogP contribution in [0.1, 0.15) is 5.01 Å². The van der Waals surface area contributed by atoms with Crippen LogP contribution >= 0.6 is 23.1 Å². The van der Waals surface area contributed by atoms with Crippen LogP contribution in [0.25, 0.3) is 0 Å². The first-order valence-corrected chi connectivity index (χ1v) is 6.85. The highest BCUT2D eigenvalue weighted by Crippen LogP contribution is 2.36. The van der Waals surface area contributed by atoms with E-state index in [1.165, 1.54) is 11.3 Å². The van der Waals surface area contributed by atoms with E-state index in [1.54, 1.807) is 24.3 Å². The highest BCUT2D eigenvalue weighted by atomic mass is 32.2. The van der Waals surface area contributed by atoms with Gasteiger partial charge in [-0.3, -0.25) is 4.99 Å². The van der Waals surface area contributed by atoms with Gasteiger partial charge >= 0.3 is 0 Å². The molecule has 4 nitrogen and oxygen atoms in total. The van der Waals surface area contributed by atoms with E-state index in [0.29, 0.717) is 0 Å². The van der Waals surface area contributed by atoms with Crippen LogP contribution in [0.5, 0.6) is 5.88 Å². The summed E-state index contributed by atoms with van der Waals surface area (Å²) in [5.41, 5.74) is 0. The van der Waals surface area contributed by atoms with Gasteiger partial charge in [-0.25, -0.2) is 0 Å². The number of allylic oxidation sites excluding steroid dienone is 1. The summed E-state index contributed by atoms with van der Waals surface area (Å²) in [6.07, 6.45) is 6.05. The number of methoxy groups -OCH3 is 1. The fourth-order valence-electron chi connectivity index (χ4n) is 1.74. The van der Waals surface area contributed by atoms with Gasteiger partial charge in [-0.2, -0.15) is 4.98 Å². The van der Waals surface area contributed by atoms with Crippen molar-refractivity contribution in [2.45, 2.75) is 11.3 Å². The lowest BCUT2D eigenvalue weighted by atomic mass is 10.1. The largest absolute Gasteiger partial charge is 0.497 e. The van der Waals surface area contributed by atoms with Crippen LogP contribution in [-0.4, -0.2) is 33.5 Å². The van der Waals surface area contributed by atoms with Gasteiger partial charge in [-0.1, -0.05) is 17.8 Å². The van der Waals surface area contributed by atoms with Crippen LogP contribution in [0.15, 0.2) is 34.4 Å². The Bertz CT molecular complexity index is 533. The second-order valence-corrected chi connectivity index (χ2v) is 5.68. The summed E-state index contributed by atoms with van der Waals surface area (Å²) in [5, 5.41) is 12.8. The molecule has 6 heteroatoms. The number of ether oxygens (including phenoxy) is 1. The summed E-state index contributed by atoms with van der Waals surface area (Å²) in [5.74, 6) is 0.934. The third kappa shape index (κ3) is 1.98. The van der Waals surface area contributed by atoms with Gasteiger partial charge in [-0.05, 0) is 12.2 Å². The van der Waals surface area contributed by atoms with Crippen LogP contribution in [0, 0.1) is 0 Å². The first kappa shape index (κ1) is 10.9. The van der Waals surface area contributed by atoms with Crippen molar-refractivity contribution in [2.75, 3.05) is 7.11 Å². The number of rotatable bonds is 2. The van der Waals surface area contributed by atoms with Crippen molar-refractivity contribution in [3.05, 3.63) is 34.4 Å². The minimum atomic E-state index is 0.0619. The molecule has 0 saturated heterocycles. The highest BCUT2D eigenvalue weighted by molar-refractivity contribution is 8.15. The minimum absolute atomic E-state index is 0.0619. The Morgan fingerprint density at radius 1 is 1.47 bits per heavy atom. The molecule has 1 aromatic heterocycles. The Labute approximate surface area is 107 Å². The van der Waals surface area contributed by atoms with Gasteiger partial charge < -0.3 is 9.84 Å². The van der Waals surface area contributed by atoms with Gasteiger partial charge in [0, 0.05) is 0 Å². The van der Waals surface area contributed by atoms with Gasteiger partial charge in [0.25, 0.3) is 0 Å².